The van der Waals surface area contributed by atoms with E-state index in [1.54, 1.807) is 0 Å². The summed E-state index contributed by atoms with van der Waals surface area (Å²) in [4.78, 5) is 0. The summed E-state index contributed by atoms with van der Waals surface area (Å²) in [5.74, 6) is 1.06. The summed E-state index contributed by atoms with van der Waals surface area (Å²) in [6, 6.07) is 4.40. The molecule has 0 aliphatic carbocycles. The average Bonchev–Trinajstić information content (AvgIpc) is 2.14. The third-order valence-electron chi connectivity index (χ3n) is 2.55. The molecule has 94 valence electrons. The quantitative estimate of drug-likeness (QED) is 0.575. The highest BCUT2D eigenvalue weighted by Gasteiger charge is 2.13. The van der Waals surface area contributed by atoms with Gasteiger partial charge in [-0.3, -0.25) is 0 Å². The smallest absolute Gasteiger partial charge is 0.125 e. The zero-order chi connectivity index (χ0) is 13.1. The Morgan fingerprint density at radius 3 is 2.24 bits per heavy atom. The molecule has 0 aliphatic rings. The molecule has 0 saturated heterocycles. The van der Waals surface area contributed by atoms with Crippen molar-refractivity contribution in [1.82, 2.24) is 0 Å². The molecule has 0 radical (unpaired) electrons. The molecule has 0 bridgehead atoms. The highest BCUT2D eigenvalue weighted by atomic mass is 28.1. The monoisotopic (exact) mass is 248 g/mol. The van der Waals surface area contributed by atoms with Crippen molar-refractivity contribution in [3.63, 3.8) is 0 Å². The van der Waals surface area contributed by atoms with Crippen LogP contribution in [0.15, 0.2) is 24.8 Å². The van der Waals surface area contributed by atoms with Gasteiger partial charge in [-0.15, -0.1) is 6.58 Å². The molecule has 0 aromatic heterocycles. The third-order valence-corrected chi connectivity index (χ3v) is 2.84. The Kier molecular flexibility index (Phi) is 4.58. The van der Waals surface area contributed by atoms with Gasteiger partial charge in [-0.1, -0.05) is 32.1 Å². The molecule has 1 nitrogen and oxygen atoms in total. The minimum atomic E-state index is 0.332. The number of ether oxygens (including phenoxy) is 1. The lowest BCUT2D eigenvalue weighted by Gasteiger charge is -2.21. The summed E-state index contributed by atoms with van der Waals surface area (Å²) in [5, 5.41) is 0.332. The van der Waals surface area contributed by atoms with Crippen molar-refractivity contribution >= 4 is 10.2 Å². The minimum Gasteiger partial charge on any atom is -0.493 e. The second kappa shape index (κ2) is 5.54. The Morgan fingerprint density at radius 2 is 1.82 bits per heavy atom. The molecule has 1 aromatic rings. The second-order valence-electron chi connectivity index (χ2n) is 5.90. The summed E-state index contributed by atoms with van der Waals surface area (Å²) < 4.78 is 5.97. The van der Waals surface area contributed by atoms with Gasteiger partial charge in [0.1, 0.15) is 5.75 Å². The lowest BCUT2D eigenvalue weighted by Crippen LogP contribution is -2.15. The van der Waals surface area contributed by atoms with Gasteiger partial charge < -0.3 is 4.74 Å². The topological polar surface area (TPSA) is 9.23 Å². The van der Waals surface area contributed by atoms with E-state index in [1.165, 1.54) is 16.7 Å². The van der Waals surface area contributed by atoms with Gasteiger partial charge in [-0.2, -0.15) is 0 Å². The molecule has 0 aliphatic heterocycles. The summed E-state index contributed by atoms with van der Waals surface area (Å²) in [6.07, 6.45) is 2.86. The van der Waals surface area contributed by atoms with Crippen LogP contribution in [0.3, 0.4) is 0 Å². The minimum absolute atomic E-state index is 0.332. The molecular weight excluding hydrogens is 224 g/mol. The van der Waals surface area contributed by atoms with E-state index in [1.807, 2.05) is 6.08 Å². The van der Waals surface area contributed by atoms with Gasteiger partial charge in [0.25, 0.3) is 0 Å². The first kappa shape index (κ1) is 14.0. The standard InChI is InChI=1S/C15H24OSi/c1-6-7-13-8-11(2)14(12(3)9-13)16-10-15(4,5)17/h6,8-9H,1,7,10H2,2-5,17H3. The van der Waals surface area contributed by atoms with Crippen molar-refractivity contribution in [1.29, 1.82) is 0 Å². The van der Waals surface area contributed by atoms with Crippen LogP contribution in [0.2, 0.25) is 5.04 Å². The summed E-state index contributed by atoms with van der Waals surface area (Å²) in [5.41, 5.74) is 3.77. The highest BCUT2D eigenvalue weighted by molar-refractivity contribution is 6.14. The Balaban J connectivity index is 2.90. The fraction of sp³-hybridized carbons (Fsp3) is 0.467. The maximum Gasteiger partial charge on any atom is 0.125 e. The maximum atomic E-state index is 5.97. The van der Waals surface area contributed by atoms with E-state index >= 15 is 0 Å². The SMILES string of the molecule is C=CCc1cc(C)c(OCC(C)(C)[SiH3])c(C)c1. The fourth-order valence-electron chi connectivity index (χ4n) is 1.84. The summed E-state index contributed by atoms with van der Waals surface area (Å²) in [7, 11) is 1.15. The van der Waals surface area contributed by atoms with E-state index in [2.05, 4.69) is 46.4 Å². The van der Waals surface area contributed by atoms with Crippen LogP contribution in [-0.4, -0.2) is 16.8 Å². The Hall–Kier alpha value is -1.02. The molecule has 0 atom stereocenters. The van der Waals surface area contributed by atoms with Crippen molar-refractivity contribution in [2.75, 3.05) is 6.61 Å². The van der Waals surface area contributed by atoms with Crippen LogP contribution in [0.1, 0.15) is 30.5 Å². The largest absolute Gasteiger partial charge is 0.493 e. The number of hydrogen-bond donors (Lipinski definition) is 0. The number of allylic oxidation sites excluding steroid dienone is 1. The average molecular weight is 248 g/mol. The molecule has 0 amide bonds. The van der Waals surface area contributed by atoms with E-state index < -0.39 is 0 Å². The van der Waals surface area contributed by atoms with E-state index in [4.69, 9.17) is 4.74 Å². The van der Waals surface area contributed by atoms with Crippen molar-refractivity contribution in [3.05, 3.63) is 41.5 Å². The van der Waals surface area contributed by atoms with Gasteiger partial charge >= 0.3 is 0 Å². The molecule has 0 fully saturated rings. The Morgan fingerprint density at radius 1 is 1.29 bits per heavy atom. The van der Waals surface area contributed by atoms with Crippen LogP contribution < -0.4 is 4.74 Å². The molecule has 0 saturated carbocycles. The predicted octanol–water partition coefficient (Wildman–Crippen LogP) is 2.97. The van der Waals surface area contributed by atoms with E-state index in [0.29, 0.717) is 5.04 Å². The molecule has 0 heterocycles. The molecule has 0 spiro atoms. The third kappa shape index (κ3) is 4.39. The summed E-state index contributed by atoms with van der Waals surface area (Å²) >= 11 is 0. The van der Waals surface area contributed by atoms with Gasteiger partial charge in [-0.25, -0.2) is 0 Å². The first-order valence-corrected chi connectivity index (χ1v) is 7.17. The van der Waals surface area contributed by atoms with Crippen molar-refractivity contribution < 1.29 is 4.74 Å². The van der Waals surface area contributed by atoms with E-state index in [9.17, 15) is 0 Å². The lowest BCUT2D eigenvalue weighted by molar-refractivity contribution is 0.276. The number of hydrogen-bond acceptors (Lipinski definition) is 1. The fourth-order valence-corrected chi connectivity index (χ4v) is 1.99. The van der Waals surface area contributed by atoms with Crippen LogP contribution in [0.4, 0.5) is 0 Å². The van der Waals surface area contributed by atoms with Crippen molar-refractivity contribution in [2.45, 2.75) is 39.2 Å². The zero-order valence-electron chi connectivity index (χ0n) is 11.8. The lowest BCUT2D eigenvalue weighted by atomic mass is 10.0. The Labute approximate surface area is 108 Å². The van der Waals surface area contributed by atoms with Crippen molar-refractivity contribution in [2.24, 2.45) is 0 Å². The summed E-state index contributed by atoms with van der Waals surface area (Å²) in [6.45, 7) is 13.3. The molecule has 1 aromatic carbocycles. The molecular formula is C15H24OSi. The van der Waals surface area contributed by atoms with Gasteiger partial charge in [0, 0.05) is 10.2 Å². The molecule has 2 heteroatoms. The second-order valence-corrected chi connectivity index (χ2v) is 8.61. The molecule has 1 rings (SSSR count). The molecule has 17 heavy (non-hydrogen) atoms. The van der Waals surface area contributed by atoms with E-state index in [-0.39, 0.29) is 0 Å². The molecule has 0 N–H and O–H groups in total. The zero-order valence-corrected chi connectivity index (χ0v) is 13.8. The van der Waals surface area contributed by atoms with Gasteiger partial charge in [0.05, 0.1) is 6.61 Å². The Bertz CT molecular complexity index is 379. The van der Waals surface area contributed by atoms with Crippen LogP contribution in [0.5, 0.6) is 5.75 Å². The van der Waals surface area contributed by atoms with Gasteiger partial charge in [0.15, 0.2) is 0 Å². The first-order chi connectivity index (χ1) is 7.83. The van der Waals surface area contributed by atoms with Gasteiger partial charge in [0.2, 0.25) is 0 Å². The maximum absolute atomic E-state index is 5.97. The number of aryl methyl sites for hydroxylation is 2. The van der Waals surface area contributed by atoms with Gasteiger partial charge in [-0.05, 0) is 42.0 Å². The highest BCUT2D eigenvalue weighted by Crippen LogP contribution is 2.28. The molecule has 0 unspecified atom stereocenters. The van der Waals surface area contributed by atoms with Crippen LogP contribution in [0, 0.1) is 13.8 Å². The van der Waals surface area contributed by atoms with Crippen molar-refractivity contribution in [3.8, 4) is 5.75 Å². The first-order valence-electron chi connectivity index (χ1n) is 6.17. The number of benzene rings is 1. The van der Waals surface area contributed by atoms with Crippen LogP contribution in [0.25, 0.3) is 0 Å². The normalized spacial score (nSPS) is 11.5. The number of rotatable bonds is 5. The predicted molar refractivity (Wildman–Crippen MR) is 79.3 cm³/mol. The van der Waals surface area contributed by atoms with Crippen LogP contribution >= 0.6 is 0 Å². The van der Waals surface area contributed by atoms with E-state index in [0.717, 1.165) is 29.0 Å². The van der Waals surface area contributed by atoms with Crippen LogP contribution in [-0.2, 0) is 6.42 Å².